The molecule has 10 nitrogen and oxygen atoms in total. The lowest BCUT2D eigenvalue weighted by Crippen LogP contribution is -2.18. The van der Waals surface area contributed by atoms with Gasteiger partial charge in [0.15, 0.2) is 5.82 Å². The first-order valence-electron chi connectivity index (χ1n) is 8.41. The van der Waals surface area contributed by atoms with Crippen LogP contribution < -0.4 is 10.0 Å². The maximum atomic E-state index is 12.8. The highest BCUT2D eigenvalue weighted by Crippen LogP contribution is 2.23. The molecule has 2 N–H and O–H groups in total. The van der Waals surface area contributed by atoms with Gasteiger partial charge in [-0.25, -0.2) is 18.4 Å². The van der Waals surface area contributed by atoms with Crippen LogP contribution >= 0.6 is 0 Å². The van der Waals surface area contributed by atoms with Crippen molar-refractivity contribution in [2.75, 3.05) is 10.0 Å². The van der Waals surface area contributed by atoms with E-state index in [9.17, 15) is 18.5 Å². The largest absolute Gasteiger partial charge is 0.326 e. The number of anilines is 2. The fraction of sp³-hybridized carbons (Fsp3) is 0.167. The van der Waals surface area contributed by atoms with E-state index < -0.39 is 10.0 Å². The molecule has 29 heavy (non-hydrogen) atoms. The molecule has 0 fully saturated rings. The predicted molar refractivity (Wildman–Crippen MR) is 105 cm³/mol. The Bertz CT molecular complexity index is 1210. The maximum Gasteiger partial charge on any atom is 0.263 e. The minimum absolute atomic E-state index is 0.0196. The first-order valence-corrected chi connectivity index (χ1v) is 9.89. The Labute approximate surface area is 167 Å². The SMILES string of the molecule is CC(=O)Nc1ccc(S(=O)(=O)Nc2c(C#N)cnn2-c2nc(C)cc(C)n2)cc1. The van der Waals surface area contributed by atoms with Crippen molar-refractivity contribution < 1.29 is 13.2 Å². The Morgan fingerprint density at radius 1 is 1.14 bits per heavy atom. The van der Waals surface area contributed by atoms with Gasteiger partial charge < -0.3 is 5.32 Å². The van der Waals surface area contributed by atoms with Crippen molar-refractivity contribution in [2.45, 2.75) is 25.7 Å². The van der Waals surface area contributed by atoms with E-state index in [0.29, 0.717) is 17.1 Å². The summed E-state index contributed by atoms with van der Waals surface area (Å²) in [6, 6.07) is 9.28. The number of nitrogens with zero attached hydrogens (tertiary/aromatic N) is 5. The molecule has 0 aliphatic heterocycles. The molecule has 0 saturated heterocycles. The number of amides is 1. The molecule has 0 spiro atoms. The van der Waals surface area contributed by atoms with Gasteiger partial charge in [-0.3, -0.25) is 9.52 Å². The van der Waals surface area contributed by atoms with Crippen molar-refractivity contribution >= 4 is 27.4 Å². The van der Waals surface area contributed by atoms with Gasteiger partial charge in [0.2, 0.25) is 5.91 Å². The number of rotatable bonds is 5. The molecule has 1 aromatic carbocycles. The van der Waals surface area contributed by atoms with Crippen LogP contribution in [0.5, 0.6) is 0 Å². The third-order valence-corrected chi connectivity index (χ3v) is 5.12. The summed E-state index contributed by atoms with van der Waals surface area (Å²) in [5, 5.41) is 16.0. The van der Waals surface area contributed by atoms with Crippen LogP contribution in [0.25, 0.3) is 5.95 Å². The van der Waals surface area contributed by atoms with E-state index in [2.05, 4.69) is 25.1 Å². The summed E-state index contributed by atoms with van der Waals surface area (Å²) in [7, 11) is -4.04. The maximum absolute atomic E-state index is 12.8. The smallest absolute Gasteiger partial charge is 0.263 e. The molecule has 0 saturated carbocycles. The topological polar surface area (TPSA) is 143 Å². The summed E-state index contributed by atoms with van der Waals surface area (Å²) < 4.78 is 29.2. The van der Waals surface area contributed by atoms with Gasteiger partial charge in [0, 0.05) is 24.0 Å². The summed E-state index contributed by atoms with van der Waals surface area (Å²) >= 11 is 0. The van der Waals surface area contributed by atoms with Crippen LogP contribution in [0.1, 0.15) is 23.9 Å². The summed E-state index contributed by atoms with van der Waals surface area (Å²) in [5.74, 6) is -0.194. The Morgan fingerprint density at radius 2 is 1.76 bits per heavy atom. The van der Waals surface area contributed by atoms with E-state index >= 15 is 0 Å². The minimum Gasteiger partial charge on any atom is -0.326 e. The molecule has 0 aliphatic rings. The number of nitrogens with one attached hydrogen (secondary N) is 2. The van der Waals surface area contributed by atoms with Gasteiger partial charge in [0.25, 0.3) is 16.0 Å². The second kappa shape index (κ2) is 7.69. The molecular weight excluding hydrogens is 394 g/mol. The minimum atomic E-state index is -4.04. The number of aryl methyl sites for hydroxylation is 2. The lowest BCUT2D eigenvalue weighted by atomic mass is 10.3. The Balaban J connectivity index is 2.00. The molecule has 0 aliphatic carbocycles. The molecule has 2 heterocycles. The highest BCUT2D eigenvalue weighted by molar-refractivity contribution is 7.92. The average Bonchev–Trinajstić information content (AvgIpc) is 3.02. The summed E-state index contributed by atoms with van der Waals surface area (Å²) in [5.41, 5.74) is 1.82. The summed E-state index contributed by atoms with van der Waals surface area (Å²) in [4.78, 5) is 19.6. The predicted octanol–water partition coefficient (Wildman–Crippen LogP) is 1.91. The molecule has 11 heteroatoms. The average molecular weight is 411 g/mol. The molecule has 148 valence electrons. The molecule has 0 unspecified atom stereocenters. The first-order chi connectivity index (χ1) is 13.7. The third kappa shape index (κ3) is 4.39. The van der Waals surface area contributed by atoms with E-state index in [0.717, 1.165) is 0 Å². The van der Waals surface area contributed by atoms with E-state index in [1.807, 2.05) is 6.07 Å². The van der Waals surface area contributed by atoms with Crippen molar-refractivity contribution in [2.24, 2.45) is 0 Å². The summed E-state index contributed by atoms with van der Waals surface area (Å²) in [6.07, 6.45) is 1.23. The van der Waals surface area contributed by atoms with Gasteiger partial charge in [-0.15, -0.1) is 0 Å². The number of carbonyl (C=O) groups excluding carboxylic acids is 1. The van der Waals surface area contributed by atoms with E-state index in [1.165, 1.54) is 42.1 Å². The second-order valence-electron chi connectivity index (χ2n) is 6.19. The van der Waals surface area contributed by atoms with Gasteiger partial charge in [-0.2, -0.15) is 15.0 Å². The fourth-order valence-electron chi connectivity index (χ4n) is 2.59. The van der Waals surface area contributed by atoms with Gasteiger partial charge >= 0.3 is 0 Å². The fourth-order valence-corrected chi connectivity index (χ4v) is 3.65. The van der Waals surface area contributed by atoms with Crippen LogP contribution in [-0.2, 0) is 14.8 Å². The Hall–Kier alpha value is -3.78. The van der Waals surface area contributed by atoms with Gasteiger partial charge in [0.05, 0.1) is 11.1 Å². The number of sulfonamides is 1. The number of hydrogen-bond donors (Lipinski definition) is 2. The van der Waals surface area contributed by atoms with Crippen LogP contribution in [-0.4, -0.2) is 34.1 Å². The standard InChI is InChI=1S/C18H17N7O3S/c1-11-8-12(2)22-18(21-11)25-17(14(9-19)10-20-25)24-29(27,28)16-6-4-15(5-7-16)23-13(3)26/h4-8,10,24H,1-3H3,(H,23,26). The number of carbonyl (C=O) groups is 1. The lowest BCUT2D eigenvalue weighted by Gasteiger charge is -2.11. The van der Waals surface area contributed by atoms with Crippen LogP contribution in [0.2, 0.25) is 0 Å². The third-order valence-electron chi connectivity index (χ3n) is 3.77. The van der Waals surface area contributed by atoms with Crippen LogP contribution in [0.4, 0.5) is 11.5 Å². The quantitative estimate of drug-likeness (QED) is 0.653. The van der Waals surface area contributed by atoms with E-state index in [1.54, 1.807) is 19.9 Å². The Kier molecular flexibility index (Phi) is 5.29. The van der Waals surface area contributed by atoms with Crippen molar-refractivity contribution in [3.63, 3.8) is 0 Å². The Morgan fingerprint density at radius 3 is 2.31 bits per heavy atom. The van der Waals surface area contributed by atoms with Crippen molar-refractivity contribution in [3.05, 3.63) is 53.5 Å². The molecule has 1 amide bonds. The molecule has 0 radical (unpaired) electrons. The molecule has 0 atom stereocenters. The van der Waals surface area contributed by atoms with Crippen molar-refractivity contribution in [1.29, 1.82) is 5.26 Å². The monoisotopic (exact) mass is 411 g/mol. The molecular formula is C18H17N7O3S. The molecule has 3 rings (SSSR count). The van der Waals surface area contributed by atoms with Crippen molar-refractivity contribution in [3.8, 4) is 12.0 Å². The zero-order valence-corrected chi connectivity index (χ0v) is 16.6. The van der Waals surface area contributed by atoms with Gasteiger partial charge in [-0.05, 0) is 44.2 Å². The van der Waals surface area contributed by atoms with E-state index in [-0.39, 0.29) is 28.1 Å². The van der Waals surface area contributed by atoms with Crippen LogP contribution in [0.3, 0.4) is 0 Å². The first kappa shape index (κ1) is 20.0. The number of benzene rings is 1. The van der Waals surface area contributed by atoms with Crippen LogP contribution in [0.15, 0.2) is 41.4 Å². The van der Waals surface area contributed by atoms with Crippen LogP contribution in [0, 0.1) is 25.2 Å². The number of aromatic nitrogens is 4. The zero-order valence-electron chi connectivity index (χ0n) is 15.8. The lowest BCUT2D eigenvalue weighted by molar-refractivity contribution is -0.114. The highest BCUT2D eigenvalue weighted by atomic mass is 32.2. The molecule has 0 bridgehead atoms. The highest BCUT2D eigenvalue weighted by Gasteiger charge is 2.22. The molecule has 2 aromatic heterocycles. The number of nitriles is 1. The second-order valence-corrected chi connectivity index (χ2v) is 7.87. The molecule has 3 aromatic rings. The normalized spacial score (nSPS) is 11.0. The van der Waals surface area contributed by atoms with Gasteiger partial charge in [0.1, 0.15) is 11.6 Å². The van der Waals surface area contributed by atoms with Gasteiger partial charge in [-0.1, -0.05) is 0 Å². The zero-order chi connectivity index (χ0) is 21.2. The van der Waals surface area contributed by atoms with Crippen molar-refractivity contribution in [1.82, 2.24) is 19.7 Å². The summed E-state index contributed by atoms with van der Waals surface area (Å²) in [6.45, 7) is 4.90. The number of hydrogen-bond acceptors (Lipinski definition) is 7. The van der Waals surface area contributed by atoms with E-state index in [4.69, 9.17) is 0 Å².